The maximum absolute atomic E-state index is 11.9. The zero-order valence-corrected chi connectivity index (χ0v) is 11.5. The molecule has 3 rings (SSSR count). The molecule has 0 unspecified atom stereocenters. The maximum Gasteiger partial charge on any atom is 0.225 e. The lowest BCUT2D eigenvalue weighted by Crippen LogP contribution is -2.30. The van der Waals surface area contributed by atoms with Crippen LogP contribution in [-0.2, 0) is 4.79 Å². The Morgan fingerprint density at radius 2 is 2.00 bits per heavy atom. The van der Waals surface area contributed by atoms with Crippen LogP contribution in [0.3, 0.4) is 0 Å². The number of carbonyl (C=O) groups excluding carboxylic acids is 1. The Morgan fingerprint density at radius 1 is 1.19 bits per heavy atom. The molecule has 1 aromatic carbocycles. The lowest BCUT2D eigenvalue weighted by atomic mass is 10.1. The smallest absolute Gasteiger partial charge is 0.225 e. The minimum absolute atomic E-state index is 0.0730. The van der Waals surface area contributed by atoms with Gasteiger partial charge < -0.3 is 14.8 Å². The Morgan fingerprint density at radius 3 is 2.81 bits per heavy atom. The summed E-state index contributed by atoms with van der Waals surface area (Å²) >= 11 is 0. The lowest BCUT2D eigenvalue weighted by molar-refractivity contribution is -0.116. The molecule has 21 heavy (non-hydrogen) atoms. The molecule has 0 fully saturated rings. The van der Waals surface area contributed by atoms with Gasteiger partial charge in [0.1, 0.15) is 18.5 Å². The van der Waals surface area contributed by atoms with Crippen LogP contribution < -0.4 is 14.8 Å². The minimum atomic E-state index is -0.102. The molecule has 0 bridgehead atoms. The third-order valence-corrected chi connectivity index (χ3v) is 3.19. The molecule has 1 aliphatic rings. The SMILES string of the molecule is O=C(CC[C@@H]1COc2ccccc2O1)Nc1ccccn1. The van der Waals surface area contributed by atoms with Crippen molar-refractivity contribution >= 4 is 11.7 Å². The highest BCUT2D eigenvalue weighted by Gasteiger charge is 2.21. The van der Waals surface area contributed by atoms with Gasteiger partial charge in [0.15, 0.2) is 11.5 Å². The number of ether oxygens (including phenoxy) is 2. The van der Waals surface area contributed by atoms with Crippen molar-refractivity contribution in [3.63, 3.8) is 0 Å². The lowest BCUT2D eigenvalue weighted by Gasteiger charge is -2.26. The van der Waals surface area contributed by atoms with Crippen molar-refractivity contribution < 1.29 is 14.3 Å². The molecule has 108 valence electrons. The van der Waals surface area contributed by atoms with E-state index in [-0.39, 0.29) is 12.0 Å². The first kappa shape index (κ1) is 13.4. The fraction of sp³-hybridized carbons (Fsp3) is 0.250. The van der Waals surface area contributed by atoms with Crippen LogP contribution >= 0.6 is 0 Å². The quantitative estimate of drug-likeness (QED) is 0.937. The number of amides is 1. The van der Waals surface area contributed by atoms with E-state index in [4.69, 9.17) is 9.47 Å². The summed E-state index contributed by atoms with van der Waals surface area (Å²) in [5.41, 5.74) is 0. The average Bonchev–Trinajstić information content (AvgIpc) is 2.54. The Bertz CT molecular complexity index is 616. The minimum Gasteiger partial charge on any atom is -0.486 e. The molecular weight excluding hydrogens is 268 g/mol. The molecule has 5 nitrogen and oxygen atoms in total. The number of rotatable bonds is 4. The van der Waals surface area contributed by atoms with Crippen LogP contribution in [0, 0.1) is 0 Å². The second-order valence-electron chi connectivity index (χ2n) is 4.80. The summed E-state index contributed by atoms with van der Waals surface area (Å²) in [6, 6.07) is 12.9. The Balaban J connectivity index is 1.49. The standard InChI is InChI=1S/C16H16N2O3/c19-16(18-15-7-3-4-10-17-15)9-8-12-11-20-13-5-1-2-6-14(13)21-12/h1-7,10,12H,8-9,11H2,(H,17,18,19)/t12-/m1/s1. The van der Waals surface area contributed by atoms with Crippen molar-refractivity contribution in [2.24, 2.45) is 0 Å². The Kier molecular flexibility index (Phi) is 4.00. The predicted octanol–water partition coefficient (Wildman–Crippen LogP) is 2.64. The highest BCUT2D eigenvalue weighted by molar-refractivity contribution is 5.89. The molecule has 0 saturated carbocycles. The molecule has 5 heteroatoms. The highest BCUT2D eigenvalue weighted by Crippen LogP contribution is 2.31. The van der Waals surface area contributed by atoms with Crippen LogP contribution in [0.15, 0.2) is 48.7 Å². The first-order chi connectivity index (χ1) is 10.3. The summed E-state index contributed by atoms with van der Waals surface area (Å²) in [7, 11) is 0. The summed E-state index contributed by atoms with van der Waals surface area (Å²) in [6.45, 7) is 0.466. The van der Waals surface area contributed by atoms with Gasteiger partial charge in [0.25, 0.3) is 0 Å². The van der Waals surface area contributed by atoms with Crippen LogP contribution in [0.5, 0.6) is 11.5 Å². The molecule has 1 atom stereocenters. The molecule has 2 heterocycles. The van der Waals surface area contributed by atoms with E-state index in [2.05, 4.69) is 10.3 Å². The zero-order valence-electron chi connectivity index (χ0n) is 11.5. The molecular formula is C16H16N2O3. The van der Waals surface area contributed by atoms with Gasteiger partial charge in [-0.2, -0.15) is 0 Å². The summed E-state index contributed by atoms with van der Waals surface area (Å²) in [6.07, 6.45) is 2.51. The van der Waals surface area contributed by atoms with Gasteiger partial charge in [-0.15, -0.1) is 0 Å². The van der Waals surface area contributed by atoms with E-state index in [0.29, 0.717) is 25.3 Å². The molecule has 1 aromatic heterocycles. The fourth-order valence-electron chi connectivity index (χ4n) is 2.14. The second kappa shape index (κ2) is 6.26. The first-order valence-corrected chi connectivity index (χ1v) is 6.90. The van der Waals surface area contributed by atoms with E-state index < -0.39 is 0 Å². The zero-order chi connectivity index (χ0) is 14.5. The normalized spacial score (nSPS) is 16.3. The van der Waals surface area contributed by atoms with Gasteiger partial charge in [-0.25, -0.2) is 4.98 Å². The molecule has 2 aromatic rings. The molecule has 0 aliphatic carbocycles. The van der Waals surface area contributed by atoms with Crippen molar-refractivity contribution in [3.05, 3.63) is 48.7 Å². The monoisotopic (exact) mass is 284 g/mol. The molecule has 0 spiro atoms. The number of benzene rings is 1. The highest BCUT2D eigenvalue weighted by atomic mass is 16.6. The van der Waals surface area contributed by atoms with Gasteiger partial charge in [0.2, 0.25) is 5.91 Å². The first-order valence-electron chi connectivity index (χ1n) is 6.90. The number of nitrogens with one attached hydrogen (secondary N) is 1. The summed E-state index contributed by atoms with van der Waals surface area (Å²) in [5.74, 6) is 1.98. The van der Waals surface area contributed by atoms with Crippen molar-refractivity contribution in [1.29, 1.82) is 0 Å². The van der Waals surface area contributed by atoms with E-state index in [1.165, 1.54) is 0 Å². The number of nitrogens with zero attached hydrogens (tertiary/aromatic N) is 1. The number of hydrogen-bond acceptors (Lipinski definition) is 4. The summed E-state index contributed by atoms with van der Waals surface area (Å²) in [4.78, 5) is 15.9. The van der Waals surface area contributed by atoms with Gasteiger partial charge in [-0.05, 0) is 30.7 Å². The summed E-state index contributed by atoms with van der Waals surface area (Å²) < 4.78 is 11.4. The molecule has 1 amide bonds. The molecule has 1 N–H and O–H groups in total. The van der Waals surface area contributed by atoms with E-state index in [1.54, 1.807) is 18.3 Å². The van der Waals surface area contributed by atoms with Gasteiger partial charge in [0.05, 0.1) is 0 Å². The number of fused-ring (bicyclic) bond motifs is 1. The number of hydrogen-bond donors (Lipinski definition) is 1. The van der Waals surface area contributed by atoms with Crippen LogP contribution in [0.2, 0.25) is 0 Å². The number of anilines is 1. The van der Waals surface area contributed by atoms with Crippen molar-refractivity contribution in [2.75, 3.05) is 11.9 Å². The number of pyridine rings is 1. The Hall–Kier alpha value is -2.56. The van der Waals surface area contributed by atoms with Crippen LogP contribution in [0.25, 0.3) is 0 Å². The number of carbonyl (C=O) groups is 1. The third kappa shape index (κ3) is 3.51. The van der Waals surface area contributed by atoms with Crippen molar-refractivity contribution in [1.82, 2.24) is 4.98 Å². The largest absolute Gasteiger partial charge is 0.486 e. The van der Waals surface area contributed by atoms with Crippen LogP contribution in [0.1, 0.15) is 12.8 Å². The van der Waals surface area contributed by atoms with E-state index in [0.717, 1.165) is 11.5 Å². The number of para-hydroxylation sites is 2. The topological polar surface area (TPSA) is 60.5 Å². The van der Waals surface area contributed by atoms with E-state index >= 15 is 0 Å². The third-order valence-electron chi connectivity index (χ3n) is 3.19. The van der Waals surface area contributed by atoms with Crippen LogP contribution in [0.4, 0.5) is 5.82 Å². The van der Waals surface area contributed by atoms with Gasteiger partial charge in [0, 0.05) is 12.6 Å². The predicted molar refractivity (Wildman–Crippen MR) is 78.5 cm³/mol. The Labute approximate surface area is 122 Å². The van der Waals surface area contributed by atoms with Crippen LogP contribution in [-0.4, -0.2) is 23.6 Å². The van der Waals surface area contributed by atoms with Crippen molar-refractivity contribution in [3.8, 4) is 11.5 Å². The maximum atomic E-state index is 11.9. The van der Waals surface area contributed by atoms with Gasteiger partial charge in [-0.1, -0.05) is 18.2 Å². The second-order valence-corrected chi connectivity index (χ2v) is 4.80. The van der Waals surface area contributed by atoms with Crippen molar-refractivity contribution in [2.45, 2.75) is 18.9 Å². The van der Waals surface area contributed by atoms with Gasteiger partial charge >= 0.3 is 0 Å². The average molecular weight is 284 g/mol. The molecule has 1 aliphatic heterocycles. The van der Waals surface area contributed by atoms with E-state index in [9.17, 15) is 4.79 Å². The fourth-order valence-corrected chi connectivity index (χ4v) is 2.14. The molecule has 0 saturated heterocycles. The summed E-state index contributed by atoms with van der Waals surface area (Å²) in [5, 5.41) is 2.75. The molecule has 0 radical (unpaired) electrons. The van der Waals surface area contributed by atoms with E-state index in [1.807, 2.05) is 30.3 Å². The van der Waals surface area contributed by atoms with Gasteiger partial charge in [-0.3, -0.25) is 4.79 Å². The number of aromatic nitrogens is 1.